The standard InChI is InChI=1S/C23H28N2O2.ClH/c1-16(18-7-3-2-4-8-18)27-22-10-6-5-9-21(22)25-23(26)15-17-13-19-11-12-20(14-17)24-19;/h2-10,16-17,19-20,24H,11-15H2,1H3,(H,25,26);1H. The first-order valence-electron chi connectivity index (χ1n) is 10.0. The van der Waals surface area contributed by atoms with Crippen LogP contribution in [-0.4, -0.2) is 18.0 Å². The molecule has 2 aliphatic rings. The van der Waals surface area contributed by atoms with Crippen molar-refractivity contribution >= 4 is 24.0 Å². The van der Waals surface area contributed by atoms with Crippen LogP contribution in [0.25, 0.3) is 0 Å². The number of anilines is 1. The van der Waals surface area contributed by atoms with Crippen LogP contribution in [0, 0.1) is 5.92 Å². The fourth-order valence-corrected chi connectivity index (χ4v) is 4.46. The van der Waals surface area contributed by atoms with Crippen LogP contribution < -0.4 is 15.4 Å². The molecule has 4 nitrogen and oxygen atoms in total. The van der Waals surface area contributed by atoms with Crippen LogP contribution in [0.5, 0.6) is 5.75 Å². The number of carbonyl (C=O) groups is 1. The van der Waals surface area contributed by atoms with Gasteiger partial charge in [-0.05, 0) is 56.2 Å². The predicted molar refractivity (Wildman–Crippen MR) is 115 cm³/mol. The van der Waals surface area contributed by atoms with E-state index in [4.69, 9.17) is 4.74 Å². The fourth-order valence-electron chi connectivity index (χ4n) is 4.46. The summed E-state index contributed by atoms with van der Waals surface area (Å²) in [5.41, 5.74) is 1.87. The zero-order chi connectivity index (χ0) is 18.6. The number of nitrogens with one attached hydrogen (secondary N) is 2. The van der Waals surface area contributed by atoms with Crippen LogP contribution in [0.3, 0.4) is 0 Å². The van der Waals surface area contributed by atoms with Gasteiger partial charge in [0.05, 0.1) is 5.69 Å². The van der Waals surface area contributed by atoms with Crippen molar-refractivity contribution in [2.24, 2.45) is 5.92 Å². The van der Waals surface area contributed by atoms with Gasteiger partial charge in [0.15, 0.2) is 0 Å². The first kappa shape index (κ1) is 20.7. The summed E-state index contributed by atoms with van der Waals surface area (Å²) >= 11 is 0. The number of piperidine rings is 1. The molecule has 0 saturated carbocycles. The van der Waals surface area contributed by atoms with E-state index < -0.39 is 0 Å². The van der Waals surface area contributed by atoms with Crippen LogP contribution in [0.1, 0.15) is 50.7 Å². The molecule has 3 unspecified atom stereocenters. The summed E-state index contributed by atoms with van der Waals surface area (Å²) in [5, 5.41) is 6.72. The highest BCUT2D eigenvalue weighted by Crippen LogP contribution is 2.34. The van der Waals surface area contributed by atoms with Gasteiger partial charge in [-0.2, -0.15) is 0 Å². The molecular weight excluding hydrogens is 372 g/mol. The Balaban J connectivity index is 0.00000225. The van der Waals surface area contributed by atoms with Crippen LogP contribution in [0.4, 0.5) is 5.69 Å². The third-order valence-corrected chi connectivity index (χ3v) is 5.78. The number of amides is 1. The van der Waals surface area contributed by atoms with Gasteiger partial charge in [0.2, 0.25) is 5.91 Å². The van der Waals surface area contributed by atoms with Gasteiger partial charge in [-0.15, -0.1) is 12.4 Å². The fraction of sp³-hybridized carbons (Fsp3) is 0.435. The molecule has 2 saturated heterocycles. The molecule has 4 rings (SSSR count). The molecule has 5 heteroatoms. The van der Waals surface area contributed by atoms with Crippen molar-refractivity contribution in [3.8, 4) is 5.75 Å². The maximum atomic E-state index is 12.6. The number of hydrogen-bond donors (Lipinski definition) is 2. The van der Waals surface area contributed by atoms with Crippen LogP contribution in [-0.2, 0) is 4.79 Å². The summed E-state index contributed by atoms with van der Waals surface area (Å²) < 4.78 is 6.14. The third-order valence-electron chi connectivity index (χ3n) is 5.78. The lowest BCUT2D eigenvalue weighted by molar-refractivity contribution is -0.117. The molecule has 2 aromatic rings. The van der Waals surface area contributed by atoms with E-state index in [1.54, 1.807) is 0 Å². The molecule has 2 fully saturated rings. The second kappa shape index (κ2) is 9.44. The van der Waals surface area contributed by atoms with Gasteiger partial charge in [0.1, 0.15) is 11.9 Å². The SMILES string of the molecule is CC(Oc1ccccc1NC(=O)CC1CC2CCC(C1)N2)c1ccccc1.Cl. The minimum absolute atomic E-state index is 0. The topological polar surface area (TPSA) is 50.4 Å². The molecular formula is C23H29ClN2O2. The highest BCUT2D eigenvalue weighted by atomic mass is 35.5. The Morgan fingerprint density at radius 3 is 2.43 bits per heavy atom. The number of halogens is 1. The van der Waals surface area contributed by atoms with E-state index in [1.165, 1.54) is 12.8 Å². The second-order valence-corrected chi connectivity index (χ2v) is 7.89. The van der Waals surface area contributed by atoms with Gasteiger partial charge >= 0.3 is 0 Å². The highest BCUT2D eigenvalue weighted by Gasteiger charge is 2.34. The van der Waals surface area contributed by atoms with E-state index in [2.05, 4.69) is 22.8 Å². The van der Waals surface area contributed by atoms with Gasteiger partial charge in [0.25, 0.3) is 0 Å². The maximum absolute atomic E-state index is 12.6. The van der Waals surface area contributed by atoms with Gasteiger partial charge < -0.3 is 15.4 Å². The Hall–Kier alpha value is -2.04. The van der Waals surface area contributed by atoms with E-state index in [0.717, 1.165) is 24.1 Å². The summed E-state index contributed by atoms with van der Waals surface area (Å²) in [6, 6.07) is 19.0. The number of para-hydroxylation sites is 2. The smallest absolute Gasteiger partial charge is 0.224 e. The molecule has 150 valence electrons. The number of fused-ring (bicyclic) bond motifs is 2. The van der Waals surface area contributed by atoms with E-state index in [-0.39, 0.29) is 24.4 Å². The molecule has 2 aromatic carbocycles. The molecule has 2 bridgehead atoms. The summed E-state index contributed by atoms with van der Waals surface area (Å²) in [4.78, 5) is 12.6. The van der Waals surface area contributed by atoms with Gasteiger partial charge in [-0.3, -0.25) is 4.79 Å². The lowest BCUT2D eigenvalue weighted by atomic mass is 9.89. The lowest BCUT2D eigenvalue weighted by Gasteiger charge is -2.28. The molecule has 3 atom stereocenters. The van der Waals surface area contributed by atoms with Crippen molar-refractivity contribution in [2.75, 3.05) is 5.32 Å². The molecule has 2 aliphatic heterocycles. The van der Waals surface area contributed by atoms with Crippen molar-refractivity contribution in [3.63, 3.8) is 0 Å². The normalized spacial score (nSPS) is 24.1. The first-order valence-corrected chi connectivity index (χ1v) is 10.0. The van der Waals surface area contributed by atoms with E-state index in [0.29, 0.717) is 30.2 Å². The highest BCUT2D eigenvalue weighted by molar-refractivity contribution is 5.92. The lowest BCUT2D eigenvalue weighted by Crippen LogP contribution is -2.39. The average Bonchev–Trinajstić information content (AvgIpc) is 3.02. The Morgan fingerprint density at radius 1 is 1.07 bits per heavy atom. The quantitative estimate of drug-likeness (QED) is 0.708. The summed E-state index contributed by atoms with van der Waals surface area (Å²) in [5.74, 6) is 1.29. The van der Waals surface area contributed by atoms with Crippen molar-refractivity contribution in [2.45, 2.75) is 57.2 Å². The van der Waals surface area contributed by atoms with E-state index >= 15 is 0 Å². The van der Waals surface area contributed by atoms with Gasteiger partial charge in [-0.25, -0.2) is 0 Å². The monoisotopic (exact) mass is 400 g/mol. The van der Waals surface area contributed by atoms with Gasteiger partial charge in [0, 0.05) is 18.5 Å². The van der Waals surface area contributed by atoms with Crippen molar-refractivity contribution in [1.29, 1.82) is 0 Å². The van der Waals surface area contributed by atoms with Gasteiger partial charge in [-0.1, -0.05) is 42.5 Å². The number of rotatable bonds is 6. The number of benzene rings is 2. The Labute approximate surface area is 173 Å². The molecule has 1 amide bonds. The minimum Gasteiger partial charge on any atom is -0.484 e. The second-order valence-electron chi connectivity index (χ2n) is 7.89. The first-order chi connectivity index (χ1) is 13.2. The van der Waals surface area contributed by atoms with E-state index in [9.17, 15) is 4.79 Å². The Kier molecular flexibility index (Phi) is 6.97. The maximum Gasteiger partial charge on any atom is 0.224 e. The zero-order valence-electron chi connectivity index (χ0n) is 16.3. The van der Waals surface area contributed by atoms with Crippen molar-refractivity contribution in [3.05, 3.63) is 60.2 Å². The zero-order valence-corrected chi connectivity index (χ0v) is 17.1. The summed E-state index contributed by atoms with van der Waals surface area (Å²) in [7, 11) is 0. The van der Waals surface area contributed by atoms with Crippen LogP contribution >= 0.6 is 12.4 Å². The van der Waals surface area contributed by atoms with E-state index in [1.807, 2.05) is 49.4 Å². The minimum atomic E-state index is -0.0794. The Morgan fingerprint density at radius 2 is 1.71 bits per heavy atom. The van der Waals surface area contributed by atoms with Crippen LogP contribution in [0.15, 0.2) is 54.6 Å². The number of carbonyl (C=O) groups excluding carboxylic acids is 1. The largest absolute Gasteiger partial charge is 0.484 e. The average molecular weight is 401 g/mol. The van der Waals surface area contributed by atoms with Crippen LogP contribution in [0.2, 0.25) is 0 Å². The predicted octanol–water partition coefficient (Wildman–Crippen LogP) is 5.11. The van der Waals surface area contributed by atoms with Crippen molar-refractivity contribution in [1.82, 2.24) is 5.32 Å². The summed E-state index contributed by atoms with van der Waals surface area (Å²) in [6.07, 6.45) is 5.27. The number of ether oxygens (including phenoxy) is 1. The molecule has 0 aromatic heterocycles. The van der Waals surface area contributed by atoms with Crippen molar-refractivity contribution < 1.29 is 9.53 Å². The summed E-state index contributed by atoms with van der Waals surface area (Å²) in [6.45, 7) is 2.03. The molecule has 0 aliphatic carbocycles. The third kappa shape index (κ3) is 5.06. The number of hydrogen-bond acceptors (Lipinski definition) is 3. The Bertz CT molecular complexity index is 771. The molecule has 2 N–H and O–H groups in total. The molecule has 0 spiro atoms. The molecule has 2 heterocycles. The molecule has 28 heavy (non-hydrogen) atoms. The molecule has 0 radical (unpaired) electrons.